The first-order chi connectivity index (χ1) is 12.5. The first-order valence-corrected chi connectivity index (χ1v) is 10.2. The molecule has 2 saturated carbocycles. The predicted octanol–water partition coefficient (Wildman–Crippen LogP) is 3.77. The fourth-order valence-corrected chi connectivity index (χ4v) is 4.84. The van der Waals surface area contributed by atoms with Gasteiger partial charge in [0.05, 0.1) is 0 Å². The van der Waals surface area contributed by atoms with Crippen LogP contribution in [0.2, 0.25) is 0 Å². The summed E-state index contributed by atoms with van der Waals surface area (Å²) >= 11 is 0. The number of amides is 2. The maximum atomic E-state index is 13.0. The molecule has 26 heavy (non-hydrogen) atoms. The van der Waals surface area contributed by atoms with E-state index in [-0.39, 0.29) is 23.8 Å². The summed E-state index contributed by atoms with van der Waals surface area (Å²) in [6.45, 7) is 6.21. The molecule has 0 aliphatic heterocycles. The van der Waals surface area contributed by atoms with Crippen LogP contribution in [0.25, 0.3) is 0 Å². The van der Waals surface area contributed by atoms with E-state index in [2.05, 4.69) is 24.5 Å². The summed E-state index contributed by atoms with van der Waals surface area (Å²) in [5.74, 6) is 2.11. The van der Waals surface area contributed by atoms with Crippen LogP contribution in [0.3, 0.4) is 0 Å². The number of nitrogens with one attached hydrogen (secondary N) is 2. The van der Waals surface area contributed by atoms with E-state index in [0.29, 0.717) is 11.5 Å². The number of rotatable bonds is 7. The topological polar surface area (TPSA) is 58.2 Å². The quantitative estimate of drug-likeness (QED) is 0.781. The maximum Gasteiger partial charge on any atom is 0.251 e. The van der Waals surface area contributed by atoms with Crippen LogP contribution in [0.5, 0.6) is 0 Å². The Kier molecular flexibility index (Phi) is 6.00. The van der Waals surface area contributed by atoms with Crippen molar-refractivity contribution >= 4 is 11.8 Å². The van der Waals surface area contributed by atoms with E-state index in [9.17, 15) is 9.59 Å². The molecule has 2 N–H and O–H groups in total. The SMILES string of the molecule is CCC(C)C(NC(=O)c1ccccc1)C(=O)NC(C)C1CC2CCC1C2. The van der Waals surface area contributed by atoms with Crippen LogP contribution in [0.1, 0.15) is 63.2 Å². The predicted molar refractivity (Wildman–Crippen MR) is 104 cm³/mol. The highest BCUT2D eigenvalue weighted by Crippen LogP contribution is 2.49. The molecular formula is C22H32N2O2. The van der Waals surface area contributed by atoms with Crippen LogP contribution in [-0.4, -0.2) is 23.9 Å². The van der Waals surface area contributed by atoms with Crippen molar-refractivity contribution in [1.29, 1.82) is 0 Å². The van der Waals surface area contributed by atoms with E-state index < -0.39 is 6.04 Å². The number of hydrogen-bond donors (Lipinski definition) is 2. The van der Waals surface area contributed by atoms with Gasteiger partial charge >= 0.3 is 0 Å². The summed E-state index contributed by atoms with van der Waals surface area (Å²) < 4.78 is 0. The van der Waals surface area contributed by atoms with Crippen molar-refractivity contribution in [3.05, 3.63) is 35.9 Å². The van der Waals surface area contributed by atoms with Gasteiger partial charge in [-0.05, 0) is 62.0 Å². The Balaban J connectivity index is 1.63. The van der Waals surface area contributed by atoms with E-state index >= 15 is 0 Å². The lowest BCUT2D eigenvalue weighted by molar-refractivity contribution is -0.125. The summed E-state index contributed by atoms with van der Waals surface area (Å²) in [4.78, 5) is 25.5. The maximum absolute atomic E-state index is 13.0. The van der Waals surface area contributed by atoms with Crippen molar-refractivity contribution in [2.24, 2.45) is 23.7 Å². The van der Waals surface area contributed by atoms with Gasteiger partial charge in [0.2, 0.25) is 5.91 Å². The van der Waals surface area contributed by atoms with Crippen LogP contribution >= 0.6 is 0 Å². The zero-order chi connectivity index (χ0) is 18.7. The lowest BCUT2D eigenvalue weighted by Gasteiger charge is -2.31. The molecule has 0 spiro atoms. The van der Waals surface area contributed by atoms with Crippen molar-refractivity contribution < 1.29 is 9.59 Å². The number of carbonyl (C=O) groups is 2. The zero-order valence-electron chi connectivity index (χ0n) is 16.2. The third-order valence-electron chi connectivity index (χ3n) is 6.62. The molecule has 0 saturated heterocycles. The molecule has 4 nitrogen and oxygen atoms in total. The van der Waals surface area contributed by atoms with Gasteiger partial charge in [-0.3, -0.25) is 9.59 Å². The highest BCUT2D eigenvalue weighted by atomic mass is 16.2. The molecule has 4 heteroatoms. The molecule has 3 rings (SSSR count). The van der Waals surface area contributed by atoms with E-state index in [4.69, 9.17) is 0 Å². The van der Waals surface area contributed by atoms with Crippen LogP contribution in [0.15, 0.2) is 30.3 Å². The molecule has 142 valence electrons. The second kappa shape index (κ2) is 8.24. The van der Waals surface area contributed by atoms with Crippen LogP contribution < -0.4 is 10.6 Å². The standard InChI is InChI=1S/C22H32N2O2/c1-4-14(2)20(24-21(25)17-8-6-5-7-9-17)22(26)23-15(3)19-13-16-10-11-18(19)12-16/h5-9,14-16,18-20H,4,10-13H2,1-3H3,(H,23,26)(H,24,25). The Hall–Kier alpha value is -1.84. The van der Waals surface area contributed by atoms with Crippen molar-refractivity contribution in [2.75, 3.05) is 0 Å². The monoisotopic (exact) mass is 356 g/mol. The third-order valence-corrected chi connectivity index (χ3v) is 6.62. The first kappa shape index (κ1) is 18.9. The Bertz CT molecular complexity index is 630. The number of carbonyl (C=O) groups excluding carboxylic acids is 2. The lowest BCUT2D eigenvalue weighted by Crippen LogP contribution is -2.53. The smallest absolute Gasteiger partial charge is 0.251 e. The van der Waals surface area contributed by atoms with Crippen LogP contribution in [0.4, 0.5) is 0 Å². The Morgan fingerprint density at radius 1 is 1.08 bits per heavy atom. The minimum Gasteiger partial charge on any atom is -0.352 e. The summed E-state index contributed by atoms with van der Waals surface area (Å²) in [7, 11) is 0. The molecule has 2 bridgehead atoms. The Labute approximate surface area is 157 Å². The molecule has 2 aliphatic rings. The van der Waals surface area contributed by atoms with Gasteiger partial charge in [-0.15, -0.1) is 0 Å². The molecule has 0 heterocycles. The van der Waals surface area contributed by atoms with Crippen molar-refractivity contribution in [1.82, 2.24) is 10.6 Å². The van der Waals surface area contributed by atoms with E-state index in [1.54, 1.807) is 12.1 Å². The summed E-state index contributed by atoms with van der Waals surface area (Å²) in [6.07, 6.45) is 6.11. The largest absolute Gasteiger partial charge is 0.352 e. The zero-order valence-corrected chi connectivity index (χ0v) is 16.2. The molecule has 6 atom stereocenters. The van der Waals surface area contributed by atoms with Gasteiger partial charge < -0.3 is 10.6 Å². The second-order valence-electron chi connectivity index (χ2n) is 8.34. The average molecular weight is 357 g/mol. The van der Waals surface area contributed by atoms with Crippen molar-refractivity contribution in [3.63, 3.8) is 0 Å². The van der Waals surface area contributed by atoms with Gasteiger partial charge in [-0.2, -0.15) is 0 Å². The second-order valence-corrected chi connectivity index (χ2v) is 8.34. The molecule has 2 fully saturated rings. The molecule has 2 aliphatic carbocycles. The van der Waals surface area contributed by atoms with Crippen molar-refractivity contribution in [2.45, 2.75) is 65.0 Å². The van der Waals surface area contributed by atoms with Gasteiger partial charge in [-0.1, -0.05) is 44.9 Å². The average Bonchev–Trinajstić information content (AvgIpc) is 3.29. The Morgan fingerprint density at radius 3 is 2.38 bits per heavy atom. The van der Waals surface area contributed by atoms with Crippen LogP contribution in [-0.2, 0) is 4.79 Å². The highest BCUT2D eigenvalue weighted by molar-refractivity contribution is 5.97. The molecule has 0 aromatic heterocycles. The molecule has 2 amide bonds. The third kappa shape index (κ3) is 4.11. The van der Waals surface area contributed by atoms with Gasteiger partial charge in [0, 0.05) is 11.6 Å². The summed E-state index contributed by atoms with van der Waals surface area (Å²) in [6, 6.07) is 8.80. The minimum atomic E-state index is -0.492. The van der Waals surface area contributed by atoms with Gasteiger partial charge in [-0.25, -0.2) is 0 Å². The van der Waals surface area contributed by atoms with Crippen LogP contribution in [0, 0.1) is 23.7 Å². The normalized spacial score (nSPS) is 27.6. The van der Waals surface area contributed by atoms with Gasteiger partial charge in [0.25, 0.3) is 5.91 Å². The lowest BCUT2D eigenvalue weighted by atomic mass is 9.83. The van der Waals surface area contributed by atoms with E-state index in [1.165, 1.54) is 25.7 Å². The molecule has 0 radical (unpaired) electrons. The highest BCUT2D eigenvalue weighted by Gasteiger charge is 2.42. The summed E-state index contributed by atoms with van der Waals surface area (Å²) in [5.41, 5.74) is 0.592. The van der Waals surface area contributed by atoms with E-state index in [0.717, 1.165) is 18.3 Å². The molecule has 6 unspecified atom stereocenters. The Morgan fingerprint density at radius 2 is 1.81 bits per heavy atom. The first-order valence-electron chi connectivity index (χ1n) is 10.2. The van der Waals surface area contributed by atoms with E-state index in [1.807, 2.05) is 25.1 Å². The van der Waals surface area contributed by atoms with Gasteiger partial charge in [0.1, 0.15) is 6.04 Å². The fourth-order valence-electron chi connectivity index (χ4n) is 4.84. The summed E-state index contributed by atoms with van der Waals surface area (Å²) in [5, 5.41) is 6.19. The molecule has 1 aromatic rings. The fraction of sp³-hybridized carbons (Fsp3) is 0.636. The molecular weight excluding hydrogens is 324 g/mol. The number of hydrogen-bond acceptors (Lipinski definition) is 2. The number of benzene rings is 1. The minimum absolute atomic E-state index is 0.0427. The molecule has 1 aromatic carbocycles. The van der Waals surface area contributed by atoms with Gasteiger partial charge in [0.15, 0.2) is 0 Å². The number of fused-ring (bicyclic) bond motifs is 2. The van der Waals surface area contributed by atoms with Crippen molar-refractivity contribution in [3.8, 4) is 0 Å².